The van der Waals surface area contributed by atoms with Crippen molar-refractivity contribution in [1.29, 1.82) is 0 Å². The summed E-state index contributed by atoms with van der Waals surface area (Å²) in [6.45, 7) is 1.82. The quantitative estimate of drug-likeness (QED) is 0.637. The van der Waals surface area contributed by atoms with E-state index in [0.29, 0.717) is 11.3 Å². The first-order valence-corrected chi connectivity index (χ1v) is 5.90. The van der Waals surface area contributed by atoms with E-state index in [9.17, 15) is 14.3 Å². The highest BCUT2D eigenvalue weighted by atomic mass is 35.5. The molecule has 0 aliphatic carbocycles. The van der Waals surface area contributed by atoms with Crippen molar-refractivity contribution in [2.75, 3.05) is 24.9 Å². The molecule has 0 bridgehead atoms. The highest BCUT2D eigenvalue weighted by Crippen LogP contribution is 2.22. The average Bonchev–Trinajstić information content (AvgIpc) is 2.37. The van der Waals surface area contributed by atoms with Crippen molar-refractivity contribution in [3.05, 3.63) is 29.1 Å². The van der Waals surface area contributed by atoms with E-state index >= 15 is 0 Å². The number of hydrogen-bond donors (Lipinski definition) is 2. The molecule has 0 saturated carbocycles. The summed E-state index contributed by atoms with van der Waals surface area (Å²) >= 11 is 5.46. The molecule has 1 aromatic carbocycles. The van der Waals surface area contributed by atoms with Gasteiger partial charge >= 0.3 is 5.97 Å². The number of halogens is 2. The number of esters is 1. The van der Waals surface area contributed by atoms with E-state index in [1.54, 1.807) is 6.92 Å². The van der Waals surface area contributed by atoms with Gasteiger partial charge in [0.05, 0.1) is 19.1 Å². The number of benzene rings is 1. The van der Waals surface area contributed by atoms with Crippen LogP contribution in [0.2, 0.25) is 0 Å². The van der Waals surface area contributed by atoms with E-state index in [1.807, 2.05) is 0 Å². The third kappa shape index (κ3) is 3.34. The van der Waals surface area contributed by atoms with Crippen molar-refractivity contribution in [3.8, 4) is 0 Å². The van der Waals surface area contributed by atoms with Crippen molar-refractivity contribution < 1.29 is 19.0 Å². The van der Waals surface area contributed by atoms with E-state index in [4.69, 9.17) is 11.6 Å². The second kappa shape index (κ2) is 6.56. The zero-order valence-electron chi connectivity index (χ0n) is 10.2. The van der Waals surface area contributed by atoms with Crippen LogP contribution in [0, 0.1) is 12.7 Å². The predicted octanol–water partition coefficient (Wildman–Crippen LogP) is 1.93. The molecule has 0 saturated heterocycles. The maximum Gasteiger partial charge on any atom is 0.341 e. The maximum absolute atomic E-state index is 13.5. The Morgan fingerprint density at radius 1 is 1.61 bits per heavy atom. The first-order chi connectivity index (χ1) is 8.51. The Morgan fingerprint density at radius 2 is 2.28 bits per heavy atom. The van der Waals surface area contributed by atoms with Crippen LogP contribution in [0.15, 0.2) is 12.1 Å². The fourth-order valence-corrected chi connectivity index (χ4v) is 1.61. The summed E-state index contributed by atoms with van der Waals surface area (Å²) in [7, 11) is 1.19. The lowest BCUT2D eigenvalue weighted by Crippen LogP contribution is -2.21. The first kappa shape index (κ1) is 14.7. The number of aliphatic hydroxyl groups excluding tert-OH is 1. The molecule has 2 N–H and O–H groups in total. The van der Waals surface area contributed by atoms with Gasteiger partial charge in [-0.3, -0.25) is 0 Å². The third-order valence-corrected chi connectivity index (χ3v) is 2.87. The Morgan fingerprint density at radius 3 is 2.83 bits per heavy atom. The lowest BCUT2D eigenvalue weighted by molar-refractivity contribution is 0.0594. The minimum atomic E-state index is -0.730. The summed E-state index contributed by atoms with van der Waals surface area (Å²) in [4.78, 5) is 11.4. The van der Waals surface area contributed by atoms with E-state index in [2.05, 4.69) is 10.1 Å². The van der Waals surface area contributed by atoms with Crippen LogP contribution >= 0.6 is 11.6 Å². The number of carbonyl (C=O) groups excluding carboxylic acids is 1. The largest absolute Gasteiger partial charge is 0.465 e. The second-order valence-corrected chi connectivity index (χ2v) is 4.08. The van der Waals surface area contributed by atoms with Gasteiger partial charge in [0.2, 0.25) is 0 Å². The van der Waals surface area contributed by atoms with Crippen LogP contribution in [0.3, 0.4) is 0 Å². The van der Waals surface area contributed by atoms with Crippen LogP contribution in [0.1, 0.15) is 15.9 Å². The van der Waals surface area contributed by atoms with Crippen LogP contribution in [0.5, 0.6) is 0 Å². The highest BCUT2D eigenvalue weighted by Gasteiger charge is 2.18. The third-order valence-electron chi connectivity index (χ3n) is 2.51. The number of rotatable bonds is 5. The molecule has 0 radical (unpaired) electrons. The topological polar surface area (TPSA) is 58.6 Å². The number of hydrogen-bond acceptors (Lipinski definition) is 4. The predicted molar refractivity (Wildman–Crippen MR) is 67.7 cm³/mol. The molecule has 0 amide bonds. The van der Waals surface area contributed by atoms with E-state index < -0.39 is 17.9 Å². The molecule has 4 nitrogen and oxygen atoms in total. The minimum Gasteiger partial charge on any atom is -0.465 e. The fraction of sp³-hybridized carbons (Fsp3) is 0.417. The number of carbonyl (C=O) groups is 1. The van der Waals surface area contributed by atoms with Crippen molar-refractivity contribution in [3.63, 3.8) is 0 Å². The molecule has 0 fully saturated rings. The monoisotopic (exact) mass is 275 g/mol. The average molecular weight is 276 g/mol. The van der Waals surface area contributed by atoms with Gasteiger partial charge in [-0.2, -0.15) is 0 Å². The number of ether oxygens (including phenoxy) is 1. The number of nitrogens with one attached hydrogen (secondary N) is 1. The molecular weight excluding hydrogens is 261 g/mol. The van der Waals surface area contributed by atoms with Gasteiger partial charge in [-0.25, -0.2) is 9.18 Å². The molecule has 1 unspecified atom stereocenters. The maximum atomic E-state index is 13.5. The molecule has 18 heavy (non-hydrogen) atoms. The number of methoxy groups -OCH3 is 1. The molecule has 1 aromatic rings. The Kier molecular flexibility index (Phi) is 5.37. The zero-order chi connectivity index (χ0) is 13.7. The van der Waals surface area contributed by atoms with Gasteiger partial charge in [0.1, 0.15) is 11.4 Å². The van der Waals surface area contributed by atoms with Crippen molar-refractivity contribution in [2.24, 2.45) is 0 Å². The van der Waals surface area contributed by atoms with Crippen LogP contribution < -0.4 is 5.32 Å². The van der Waals surface area contributed by atoms with Crippen LogP contribution in [0.4, 0.5) is 10.1 Å². The molecule has 0 heterocycles. The summed E-state index contributed by atoms with van der Waals surface area (Å²) in [6.07, 6.45) is -0.710. The Hall–Kier alpha value is -1.33. The second-order valence-electron chi connectivity index (χ2n) is 3.78. The number of anilines is 1. The van der Waals surface area contributed by atoms with Gasteiger partial charge in [-0.1, -0.05) is 0 Å². The molecule has 0 spiro atoms. The Labute approximate surface area is 110 Å². The summed E-state index contributed by atoms with van der Waals surface area (Å²) in [6, 6.07) is 2.67. The van der Waals surface area contributed by atoms with Crippen LogP contribution in [-0.4, -0.2) is 36.7 Å². The Bertz CT molecular complexity index is 440. The molecule has 1 atom stereocenters. The van der Waals surface area contributed by atoms with E-state index in [-0.39, 0.29) is 18.0 Å². The molecule has 1 rings (SSSR count). The molecule has 0 aliphatic heterocycles. The van der Waals surface area contributed by atoms with Crippen LogP contribution in [0.25, 0.3) is 0 Å². The minimum absolute atomic E-state index is 0.0943. The molecule has 0 aliphatic rings. The lowest BCUT2D eigenvalue weighted by Gasteiger charge is -2.14. The van der Waals surface area contributed by atoms with Crippen molar-refractivity contribution in [2.45, 2.75) is 13.0 Å². The van der Waals surface area contributed by atoms with Gasteiger partial charge in [0, 0.05) is 12.2 Å². The highest BCUT2D eigenvalue weighted by molar-refractivity contribution is 6.18. The zero-order valence-corrected chi connectivity index (χ0v) is 10.9. The number of alkyl halides is 1. The van der Waals surface area contributed by atoms with Crippen molar-refractivity contribution >= 4 is 23.3 Å². The Balaban J connectivity index is 2.98. The molecule has 0 aromatic heterocycles. The summed E-state index contributed by atoms with van der Waals surface area (Å²) in [5, 5.41) is 12.2. The normalized spacial score (nSPS) is 12.1. The SMILES string of the molecule is COC(=O)c1c(F)ccc(NCC(O)CCl)c1C. The summed E-state index contributed by atoms with van der Waals surface area (Å²) < 4.78 is 18.1. The van der Waals surface area contributed by atoms with E-state index in [1.165, 1.54) is 19.2 Å². The van der Waals surface area contributed by atoms with Gasteiger partial charge in [-0.05, 0) is 24.6 Å². The van der Waals surface area contributed by atoms with Gasteiger partial charge in [0.25, 0.3) is 0 Å². The van der Waals surface area contributed by atoms with Gasteiger partial charge in [-0.15, -0.1) is 11.6 Å². The number of aliphatic hydroxyl groups is 1. The lowest BCUT2D eigenvalue weighted by atomic mass is 10.1. The summed E-state index contributed by atoms with van der Waals surface area (Å²) in [5.41, 5.74) is 0.882. The first-order valence-electron chi connectivity index (χ1n) is 5.36. The smallest absolute Gasteiger partial charge is 0.341 e. The molecule has 6 heteroatoms. The van der Waals surface area contributed by atoms with Crippen LogP contribution in [-0.2, 0) is 4.74 Å². The van der Waals surface area contributed by atoms with Gasteiger partial charge in [0.15, 0.2) is 0 Å². The molecular formula is C12H15ClFNO3. The van der Waals surface area contributed by atoms with Gasteiger partial charge < -0.3 is 15.2 Å². The fourth-order valence-electron chi connectivity index (χ4n) is 1.51. The molecule has 100 valence electrons. The summed E-state index contributed by atoms with van der Waals surface area (Å²) in [5.74, 6) is -1.27. The van der Waals surface area contributed by atoms with Crippen molar-refractivity contribution in [1.82, 2.24) is 0 Å². The standard InChI is InChI=1S/C12H15ClFNO3/c1-7-10(15-6-8(16)5-13)4-3-9(14)11(7)12(17)18-2/h3-4,8,15-16H,5-6H2,1-2H3. The van der Waals surface area contributed by atoms with E-state index in [0.717, 1.165) is 0 Å².